The maximum absolute atomic E-state index is 13.2. The largest absolute Gasteiger partial charge is 0.354 e. The molecule has 2 rings (SSSR count). The van der Waals surface area contributed by atoms with Crippen LogP contribution in [0.2, 0.25) is 0 Å². The average molecular weight is 232 g/mol. The predicted octanol–water partition coefficient (Wildman–Crippen LogP) is 2.19. The van der Waals surface area contributed by atoms with Crippen LogP contribution in [0.4, 0.5) is 24.5 Å². The number of nitro benzene ring substituents is 1. The number of benzene rings is 1. The molecule has 16 heavy (non-hydrogen) atoms. The molecule has 1 aliphatic heterocycles. The van der Waals surface area contributed by atoms with E-state index in [1.54, 1.807) is 0 Å². The van der Waals surface area contributed by atoms with Crippen molar-refractivity contribution in [2.75, 3.05) is 18.0 Å². The van der Waals surface area contributed by atoms with Crippen molar-refractivity contribution in [3.8, 4) is 0 Å². The molecule has 0 radical (unpaired) electrons. The van der Waals surface area contributed by atoms with Crippen LogP contribution in [-0.2, 0) is 0 Å². The van der Waals surface area contributed by atoms with Crippen molar-refractivity contribution in [2.45, 2.75) is 5.92 Å². The fraction of sp³-hybridized carbons (Fsp3) is 0.333. The Kier molecular flexibility index (Phi) is 2.25. The third kappa shape index (κ3) is 1.68. The summed E-state index contributed by atoms with van der Waals surface area (Å²) in [5.41, 5.74) is -0.853. The van der Waals surface area contributed by atoms with E-state index in [1.807, 2.05) is 0 Å². The van der Waals surface area contributed by atoms with E-state index < -0.39 is 35.4 Å². The van der Waals surface area contributed by atoms with Gasteiger partial charge in [0.2, 0.25) is 5.82 Å². The number of rotatable bonds is 2. The predicted molar refractivity (Wildman–Crippen MR) is 50.2 cm³/mol. The lowest BCUT2D eigenvalue weighted by atomic mass is 10.1. The standard InChI is InChI=1S/C9H7F3N2O2/c10-6-2-1-3-7(8(6)14(15)16)13-4-9(11,12)5-13/h1-3H,4-5H2. The maximum atomic E-state index is 13.2. The van der Waals surface area contributed by atoms with E-state index in [1.165, 1.54) is 12.1 Å². The van der Waals surface area contributed by atoms with Gasteiger partial charge in [0.05, 0.1) is 18.0 Å². The molecule has 0 unspecified atom stereocenters. The molecule has 1 saturated heterocycles. The van der Waals surface area contributed by atoms with Gasteiger partial charge in [-0.3, -0.25) is 10.1 Å². The third-order valence-corrected chi connectivity index (χ3v) is 2.33. The molecule has 0 N–H and O–H groups in total. The van der Waals surface area contributed by atoms with Gasteiger partial charge in [0, 0.05) is 0 Å². The quantitative estimate of drug-likeness (QED) is 0.580. The molecule has 1 aromatic rings. The zero-order valence-corrected chi connectivity index (χ0v) is 7.99. The van der Waals surface area contributed by atoms with Crippen molar-refractivity contribution in [1.29, 1.82) is 0 Å². The molecule has 0 amide bonds. The minimum absolute atomic E-state index is 0.101. The summed E-state index contributed by atoms with van der Waals surface area (Å²) in [7, 11) is 0. The minimum Gasteiger partial charge on any atom is -0.354 e. The first-order chi connectivity index (χ1) is 7.41. The number of anilines is 1. The molecule has 0 bridgehead atoms. The zero-order valence-electron chi connectivity index (χ0n) is 7.99. The number of alkyl halides is 2. The molecule has 0 atom stereocenters. The highest BCUT2D eigenvalue weighted by molar-refractivity contribution is 5.65. The first-order valence-corrected chi connectivity index (χ1v) is 4.46. The van der Waals surface area contributed by atoms with Crippen LogP contribution in [0.5, 0.6) is 0 Å². The Balaban J connectivity index is 2.35. The van der Waals surface area contributed by atoms with Gasteiger partial charge in [-0.25, -0.2) is 8.78 Å². The fourth-order valence-electron chi connectivity index (χ4n) is 1.62. The van der Waals surface area contributed by atoms with Crippen LogP contribution in [0, 0.1) is 15.9 Å². The number of nitrogens with zero attached hydrogens (tertiary/aromatic N) is 2. The van der Waals surface area contributed by atoms with Gasteiger partial charge in [-0.05, 0) is 12.1 Å². The SMILES string of the molecule is O=[N+]([O-])c1c(F)cccc1N1CC(F)(F)C1. The Hall–Kier alpha value is -1.79. The summed E-state index contributed by atoms with van der Waals surface area (Å²) in [5.74, 6) is -3.86. The van der Waals surface area contributed by atoms with Crippen molar-refractivity contribution in [1.82, 2.24) is 0 Å². The molecule has 0 spiro atoms. The van der Waals surface area contributed by atoms with Gasteiger partial charge in [-0.1, -0.05) is 6.07 Å². The Morgan fingerprint density at radius 3 is 2.50 bits per heavy atom. The molecular formula is C9H7F3N2O2. The number of hydrogen-bond acceptors (Lipinski definition) is 3. The third-order valence-electron chi connectivity index (χ3n) is 2.33. The summed E-state index contributed by atoms with van der Waals surface area (Å²) in [5, 5.41) is 10.6. The topological polar surface area (TPSA) is 46.4 Å². The van der Waals surface area contributed by atoms with Gasteiger partial charge in [0.25, 0.3) is 5.92 Å². The molecule has 1 fully saturated rings. The first kappa shape index (κ1) is 10.7. The lowest BCUT2D eigenvalue weighted by Crippen LogP contribution is -2.56. The van der Waals surface area contributed by atoms with Crippen LogP contribution >= 0.6 is 0 Å². The Labute approximate surface area is 88.4 Å². The lowest BCUT2D eigenvalue weighted by Gasteiger charge is -2.39. The van der Waals surface area contributed by atoms with E-state index in [-0.39, 0.29) is 5.69 Å². The Bertz CT molecular complexity index is 442. The normalized spacial score (nSPS) is 18.1. The van der Waals surface area contributed by atoms with Crippen molar-refractivity contribution in [2.24, 2.45) is 0 Å². The molecule has 1 aliphatic rings. The van der Waals surface area contributed by atoms with Gasteiger partial charge < -0.3 is 4.90 Å². The highest BCUT2D eigenvalue weighted by Gasteiger charge is 2.46. The smallest absolute Gasteiger partial charge is 0.327 e. The fourth-order valence-corrected chi connectivity index (χ4v) is 1.62. The van der Waals surface area contributed by atoms with E-state index >= 15 is 0 Å². The van der Waals surface area contributed by atoms with E-state index in [0.29, 0.717) is 0 Å². The molecule has 0 aromatic heterocycles. The van der Waals surface area contributed by atoms with Crippen LogP contribution in [-0.4, -0.2) is 23.9 Å². The summed E-state index contributed by atoms with van der Waals surface area (Å²) in [6.07, 6.45) is 0. The first-order valence-electron chi connectivity index (χ1n) is 4.46. The average Bonchev–Trinajstić information content (AvgIpc) is 2.12. The number of para-hydroxylation sites is 1. The maximum Gasteiger partial charge on any atom is 0.327 e. The summed E-state index contributed by atoms with van der Waals surface area (Å²) < 4.78 is 38.4. The molecule has 7 heteroatoms. The van der Waals surface area contributed by atoms with Gasteiger partial charge in [-0.2, -0.15) is 4.39 Å². The van der Waals surface area contributed by atoms with E-state index in [4.69, 9.17) is 0 Å². The van der Waals surface area contributed by atoms with Gasteiger partial charge in [0.1, 0.15) is 5.69 Å². The molecule has 0 aliphatic carbocycles. The van der Waals surface area contributed by atoms with Crippen molar-refractivity contribution >= 4 is 11.4 Å². The van der Waals surface area contributed by atoms with Crippen LogP contribution in [0.3, 0.4) is 0 Å². The number of nitro groups is 1. The second-order valence-electron chi connectivity index (χ2n) is 3.58. The second kappa shape index (κ2) is 3.36. The Morgan fingerprint density at radius 2 is 2.00 bits per heavy atom. The lowest BCUT2D eigenvalue weighted by molar-refractivity contribution is -0.386. The molecular weight excluding hydrogens is 225 g/mol. The minimum atomic E-state index is -2.85. The summed E-state index contributed by atoms with van der Waals surface area (Å²) >= 11 is 0. The van der Waals surface area contributed by atoms with Gasteiger partial charge in [0.15, 0.2) is 0 Å². The van der Waals surface area contributed by atoms with Crippen molar-refractivity contribution in [3.63, 3.8) is 0 Å². The Morgan fingerprint density at radius 1 is 1.38 bits per heavy atom. The van der Waals surface area contributed by atoms with Gasteiger partial charge >= 0.3 is 5.69 Å². The number of hydrogen-bond donors (Lipinski definition) is 0. The highest BCUT2D eigenvalue weighted by Crippen LogP contribution is 2.38. The van der Waals surface area contributed by atoms with Crippen LogP contribution < -0.4 is 4.90 Å². The zero-order chi connectivity index (χ0) is 11.9. The highest BCUT2D eigenvalue weighted by atomic mass is 19.3. The van der Waals surface area contributed by atoms with Crippen LogP contribution in [0.25, 0.3) is 0 Å². The molecule has 1 heterocycles. The summed E-state index contributed by atoms with van der Waals surface area (Å²) in [6.45, 7) is -1.23. The van der Waals surface area contributed by atoms with Crippen molar-refractivity contribution < 1.29 is 18.1 Å². The summed E-state index contributed by atoms with van der Waals surface area (Å²) in [6, 6.07) is 3.45. The van der Waals surface area contributed by atoms with E-state index in [9.17, 15) is 23.3 Å². The summed E-state index contributed by atoms with van der Waals surface area (Å²) in [4.78, 5) is 10.8. The van der Waals surface area contributed by atoms with Gasteiger partial charge in [-0.15, -0.1) is 0 Å². The monoisotopic (exact) mass is 232 g/mol. The number of halogens is 3. The molecule has 0 saturated carbocycles. The van der Waals surface area contributed by atoms with Crippen molar-refractivity contribution in [3.05, 3.63) is 34.1 Å². The van der Waals surface area contributed by atoms with Crippen LogP contribution in [0.1, 0.15) is 0 Å². The van der Waals surface area contributed by atoms with E-state index in [2.05, 4.69) is 0 Å². The molecule has 4 nitrogen and oxygen atoms in total. The van der Waals surface area contributed by atoms with Crippen LogP contribution in [0.15, 0.2) is 18.2 Å². The molecule has 86 valence electrons. The van der Waals surface area contributed by atoms with E-state index in [0.717, 1.165) is 11.0 Å². The second-order valence-corrected chi connectivity index (χ2v) is 3.58. The molecule has 1 aromatic carbocycles.